The van der Waals surface area contributed by atoms with Gasteiger partial charge in [0, 0.05) is 16.7 Å². The van der Waals surface area contributed by atoms with Gasteiger partial charge in [0.25, 0.3) is 0 Å². The van der Waals surface area contributed by atoms with E-state index in [0.717, 1.165) is 10.6 Å². The number of hydrogen-bond acceptors (Lipinski definition) is 5. The van der Waals surface area contributed by atoms with Crippen molar-refractivity contribution >= 4 is 23.1 Å². The molecule has 20 heavy (non-hydrogen) atoms. The van der Waals surface area contributed by atoms with Gasteiger partial charge in [0.1, 0.15) is 0 Å². The maximum absolute atomic E-state index is 11.6. The van der Waals surface area contributed by atoms with E-state index in [2.05, 4.69) is 22.0 Å². The first-order chi connectivity index (χ1) is 9.61. The SMILES string of the molecule is CC(C)n1c(SCc2ccc(C#CCN)s2)n[nH]c1=O. The molecule has 3 N–H and O–H groups in total. The van der Waals surface area contributed by atoms with Crippen LogP contribution in [0.15, 0.2) is 22.1 Å². The molecular formula is C13H16N4OS2. The Morgan fingerprint density at radius 1 is 1.55 bits per heavy atom. The average Bonchev–Trinajstić information content (AvgIpc) is 3.00. The molecule has 0 amide bonds. The molecule has 0 saturated heterocycles. The third-order valence-electron chi connectivity index (χ3n) is 2.51. The Bertz CT molecular complexity index is 687. The number of nitrogens with zero attached hydrogens (tertiary/aromatic N) is 2. The van der Waals surface area contributed by atoms with Gasteiger partial charge in [-0.25, -0.2) is 9.89 Å². The maximum Gasteiger partial charge on any atom is 0.344 e. The fourth-order valence-electron chi connectivity index (χ4n) is 1.64. The van der Waals surface area contributed by atoms with Crippen LogP contribution in [0.4, 0.5) is 0 Å². The second-order valence-corrected chi connectivity index (χ2v) is 6.45. The molecule has 2 aromatic rings. The smallest absolute Gasteiger partial charge is 0.320 e. The molecule has 0 radical (unpaired) electrons. The zero-order chi connectivity index (χ0) is 14.5. The number of thiophene rings is 1. The van der Waals surface area contributed by atoms with Crippen LogP contribution in [0.5, 0.6) is 0 Å². The zero-order valence-corrected chi connectivity index (χ0v) is 13.0. The molecule has 2 heterocycles. The molecule has 0 aromatic carbocycles. The first kappa shape index (κ1) is 14.9. The van der Waals surface area contributed by atoms with Gasteiger partial charge in [0.05, 0.1) is 11.4 Å². The second kappa shape index (κ2) is 6.79. The maximum atomic E-state index is 11.6. The number of thioether (sulfide) groups is 1. The molecule has 0 bridgehead atoms. The number of nitrogens with two attached hydrogens (primary N) is 1. The van der Waals surface area contributed by atoms with Gasteiger partial charge in [-0.15, -0.1) is 16.4 Å². The second-order valence-electron chi connectivity index (χ2n) is 4.34. The largest absolute Gasteiger partial charge is 0.344 e. The number of rotatable bonds is 4. The van der Waals surface area contributed by atoms with Crippen LogP contribution in [-0.2, 0) is 5.75 Å². The minimum absolute atomic E-state index is 0.0954. The standard InChI is InChI=1S/C13H16N4OS2/c1-9(2)17-12(18)15-16-13(17)19-8-11-6-5-10(20-11)4-3-7-14/h5-6,9H,7-8,14H2,1-2H3,(H,15,18). The van der Waals surface area contributed by atoms with Crippen LogP contribution in [0.2, 0.25) is 0 Å². The van der Waals surface area contributed by atoms with Crippen molar-refractivity contribution in [3.05, 3.63) is 32.4 Å². The van der Waals surface area contributed by atoms with E-state index in [1.165, 1.54) is 4.88 Å². The lowest BCUT2D eigenvalue weighted by atomic mass is 10.4. The number of hydrogen-bond donors (Lipinski definition) is 2. The fourth-order valence-corrected chi connectivity index (χ4v) is 3.64. The molecule has 7 heteroatoms. The summed E-state index contributed by atoms with van der Waals surface area (Å²) < 4.78 is 1.66. The monoisotopic (exact) mass is 308 g/mol. The lowest BCUT2D eigenvalue weighted by molar-refractivity contribution is 0.534. The van der Waals surface area contributed by atoms with Gasteiger partial charge < -0.3 is 5.73 Å². The van der Waals surface area contributed by atoms with Gasteiger partial charge in [-0.05, 0) is 26.0 Å². The summed E-state index contributed by atoms with van der Waals surface area (Å²) in [6.07, 6.45) is 0. The van der Waals surface area contributed by atoms with E-state index in [4.69, 9.17) is 5.73 Å². The van der Waals surface area contributed by atoms with Crippen molar-refractivity contribution in [3.8, 4) is 11.8 Å². The highest BCUT2D eigenvalue weighted by atomic mass is 32.2. The van der Waals surface area contributed by atoms with Crippen LogP contribution in [0.25, 0.3) is 0 Å². The number of aromatic nitrogens is 3. The van der Waals surface area contributed by atoms with Crippen LogP contribution in [-0.4, -0.2) is 21.3 Å². The van der Waals surface area contributed by atoms with Gasteiger partial charge in [-0.1, -0.05) is 23.6 Å². The van der Waals surface area contributed by atoms with Crippen LogP contribution < -0.4 is 11.4 Å². The third-order valence-corrected chi connectivity index (χ3v) is 4.69. The Hall–Kier alpha value is -1.49. The van der Waals surface area contributed by atoms with Crippen molar-refractivity contribution < 1.29 is 0 Å². The Morgan fingerprint density at radius 2 is 2.35 bits per heavy atom. The predicted molar refractivity (Wildman–Crippen MR) is 83.0 cm³/mol. The topological polar surface area (TPSA) is 76.7 Å². The van der Waals surface area contributed by atoms with Gasteiger partial charge in [0.15, 0.2) is 5.16 Å². The van der Waals surface area contributed by atoms with E-state index in [9.17, 15) is 4.79 Å². The average molecular weight is 308 g/mol. The number of nitrogens with one attached hydrogen (secondary N) is 1. The quantitative estimate of drug-likeness (QED) is 0.667. The molecule has 0 aliphatic carbocycles. The Labute approximate surface area is 125 Å². The van der Waals surface area contributed by atoms with Crippen molar-refractivity contribution in [2.75, 3.05) is 6.54 Å². The predicted octanol–water partition coefficient (Wildman–Crippen LogP) is 1.82. The summed E-state index contributed by atoms with van der Waals surface area (Å²) in [5.74, 6) is 6.62. The summed E-state index contributed by atoms with van der Waals surface area (Å²) in [5.41, 5.74) is 5.18. The van der Waals surface area contributed by atoms with E-state index in [0.29, 0.717) is 11.7 Å². The molecule has 5 nitrogen and oxygen atoms in total. The molecule has 0 unspecified atom stereocenters. The lowest BCUT2D eigenvalue weighted by Gasteiger charge is -2.07. The molecule has 0 fully saturated rings. The summed E-state index contributed by atoms with van der Waals surface area (Å²) in [4.78, 5) is 13.8. The van der Waals surface area contributed by atoms with Gasteiger partial charge in [0.2, 0.25) is 0 Å². The van der Waals surface area contributed by atoms with Crippen molar-refractivity contribution in [1.82, 2.24) is 14.8 Å². The highest BCUT2D eigenvalue weighted by Gasteiger charge is 2.12. The molecule has 0 aliphatic heterocycles. The van der Waals surface area contributed by atoms with Gasteiger partial charge in [-0.2, -0.15) is 0 Å². The molecule has 0 aliphatic rings. The molecule has 0 atom stereocenters. The zero-order valence-electron chi connectivity index (χ0n) is 11.3. The number of aromatic amines is 1. The number of H-pyrrole nitrogens is 1. The first-order valence-electron chi connectivity index (χ1n) is 6.19. The lowest BCUT2D eigenvalue weighted by Crippen LogP contribution is -2.19. The van der Waals surface area contributed by atoms with Crippen LogP contribution >= 0.6 is 23.1 Å². The highest BCUT2D eigenvalue weighted by Crippen LogP contribution is 2.25. The van der Waals surface area contributed by atoms with E-state index < -0.39 is 0 Å². The molecule has 2 rings (SSSR count). The minimum Gasteiger partial charge on any atom is -0.320 e. The van der Waals surface area contributed by atoms with Gasteiger partial charge in [-0.3, -0.25) is 4.57 Å². The van der Waals surface area contributed by atoms with Crippen molar-refractivity contribution in [2.24, 2.45) is 5.73 Å². The molecule has 0 spiro atoms. The molecule has 2 aromatic heterocycles. The normalized spacial score (nSPS) is 10.6. The Morgan fingerprint density at radius 3 is 3.05 bits per heavy atom. The van der Waals surface area contributed by atoms with Crippen LogP contribution in [0.1, 0.15) is 29.6 Å². The summed E-state index contributed by atoms with van der Waals surface area (Å²) in [5, 5.41) is 7.26. The van der Waals surface area contributed by atoms with E-state index in [1.807, 2.05) is 26.0 Å². The molecule has 0 saturated carbocycles. The van der Waals surface area contributed by atoms with Crippen molar-refractivity contribution in [1.29, 1.82) is 0 Å². The highest BCUT2D eigenvalue weighted by molar-refractivity contribution is 7.98. The summed E-state index contributed by atoms with van der Waals surface area (Å²) >= 11 is 3.18. The summed E-state index contributed by atoms with van der Waals surface area (Å²) in [6, 6.07) is 4.13. The van der Waals surface area contributed by atoms with E-state index in [-0.39, 0.29) is 11.7 Å². The van der Waals surface area contributed by atoms with Crippen molar-refractivity contribution in [3.63, 3.8) is 0 Å². The Balaban J connectivity index is 2.06. The first-order valence-corrected chi connectivity index (χ1v) is 7.99. The van der Waals surface area contributed by atoms with Crippen LogP contribution in [0.3, 0.4) is 0 Å². The fraction of sp³-hybridized carbons (Fsp3) is 0.385. The third kappa shape index (κ3) is 3.54. The summed E-state index contributed by atoms with van der Waals surface area (Å²) in [7, 11) is 0. The van der Waals surface area contributed by atoms with Crippen molar-refractivity contribution in [2.45, 2.75) is 30.8 Å². The van der Waals surface area contributed by atoms with E-state index in [1.54, 1.807) is 27.7 Å². The van der Waals surface area contributed by atoms with Crippen LogP contribution in [0, 0.1) is 11.8 Å². The molecule has 106 valence electrons. The minimum atomic E-state index is -0.164. The summed E-state index contributed by atoms with van der Waals surface area (Å²) in [6.45, 7) is 4.30. The molecular weight excluding hydrogens is 292 g/mol. The van der Waals surface area contributed by atoms with Gasteiger partial charge >= 0.3 is 5.69 Å². The Kier molecular flexibility index (Phi) is 5.06. The van der Waals surface area contributed by atoms with E-state index >= 15 is 0 Å².